The van der Waals surface area contributed by atoms with Crippen molar-refractivity contribution in [3.63, 3.8) is 0 Å². The first-order valence-electron chi connectivity index (χ1n) is 8.07. The van der Waals surface area contributed by atoms with Crippen LogP contribution in [-0.2, 0) is 20.7 Å². The lowest BCUT2D eigenvalue weighted by Crippen LogP contribution is -2.39. The molecule has 1 aromatic rings. The Bertz CT molecular complexity index is 534. The lowest BCUT2D eigenvalue weighted by molar-refractivity contribution is -0.121. The monoisotopic (exact) mass is 319 g/mol. The number of carbonyl (C=O) groups excluding carboxylic acids is 2. The van der Waals surface area contributed by atoms with E-state index in [0.29, 0.717) is 39.1 Å². The zero-order valence-electron chi connectivity index (χ0n) is 13.6. The maximum atomic E-state index is 12.1. The van der Waals surface area contributed by atoms with Gasteiger partial charge >= 0.3 is 0 Å². The molecule has 2 rings (SSSR count). The van der Waals surface area contributed by atoms with Crippen molar-refractivity contribution in [3.8, 4) is 0 Å². The minimum Gasteiger partial charge on any atom is -0.383 e. The Morgan fingerprint density at radius 3 is 2.87 bits per heavy atom. The van der Waals surface area contributed by atoms with Crippen molar-refractivity contribution in [2.45, 2.75) is 19.3 Å². The van der Waals surface area contributed by atoms with Gasteiger partial charge in [-0.2, -0.15) is 0 Å². The Kier molecular flexibility index (Phi) is 7.03. The van der Waals surface area contributed by atoms with Gasteiger partial charge < -0.3 is 20.3 Å². The smallest absolute Gasteiger partial charge is 0.227 e. The first-order chi connectivity index (χ1) is 11.2. The number of methoxy groups -OCH3 is 1. The third-order valence-electron chi connectivity index (χ3n) is 3.86. The van der Waals surface area contributed by atoms with Crippen molar-refractivity contribution in [3.05, 3.63) is 29.8 Å². The molecule has 0 aliphatic carbocycles. The Morgan fingerprint density at radius 2 is 2.04 bits per heavy atom. The standard InChI is InChI=1S/C17H25N3O3/c1-23-13-11-18-9-10-19-16(21)8-12-20-15-5-3-2-4-14(15)6-7-17(20)22/h2-5,18H,6-13H2,1H3,(H,19,21). The molecule has 0 atom stereocenters. The van der Waals surface area contributed by atoms with Crippen LogP contribution in [-0.4, -0.2) is 51.7 Å². The highest BCUT2D eigenvalue weighted by atomic mass is 16.5. The summed E-state index contributed by atoms with van der Waals surface area (Å²) in [6.07, 6.45) is 1.62. The first kappa shape index (κ1) is 17.4. The molecule has 0 aromatic heterocycles. The number of carbonyl (C=O) groups is 2. The Labute approximate surface area is 137 Å². The summed E-state index contributed by atoms with van der Waals surface area (Å²) in [5.74, 6) is 0.0622. The second-order valence-electron chi connectivity index (χ2n) is 5.52. The summed E-state index contributed by atoms with van der Waals surface area (Å²) in [5, 5.41) is 6.02. The molecule has 0 bridgehead atoms. The van der Waals surface area contributed by atoms with Crippen LogP contribution in [0.1, 0.15) is 18.4 Å². The number of para-hydroxylation sites is 1. The van der Waals surface area contributed by atoms with Crippen LogP contribution in [0.25, 0.3) is 0 Å². The molecule has 1 aliphatic heterocycles. The number of hydrogen-bond donors (Lipinski definition) is 2. The van der Waals surface area contributed by atoms with Crippen LogP contribution in [0.4, 0.5) is 5.69 Å². The molecule has 0 saturated heterocycles. The van der Waals surface area contributed by atoms with Gasteiger partial charge in [0, 0.05) is 51.8 Å². The summed E-state index contributed by atoms with van der Waals surface area (Å²) in [4.78, 5) is 25.7. The van der Waals surface area contributed by atoms with Crippen LogP contribution in [0.3, 0.4) is 0 Å². The molecule has 2 N–H and O–H groups in total. The van der Waals surface area contributed by atoms with Gasteiger partial charge in [-0.1, -0.05) is 18.2 Å². The summed E-state index contributed by atoms with van der Waals surface area (Å²) in [6, 6.07) is 7.90. The molecule has 1 aromatic carbocycles. The number of amides is 2. The number of ether oxygens (including phenoxy) is 1. The summed E-state index contributed by atoms with van der Waals surface area (Å²) < 4.78 is 4.93. The van der Waals surface area contributed by atoms with E-state index in [4.69, 9.17) is 4.74 Å². The minimum absolute atomic E-state index is 0.0330. The van der Waals surface area contributed by atoms with Crippen LogP contribution in [0.2, 0.25) is 0 Å². The topological polar surface area (TPSA) is 70.7 Å². The number of anilines is 1. The fourth-order valence-corrected chi connectivity index (χ4v) is 2.63. The predicted molar refractivity (Wildman–Crippen MR) is 89.5 cm³/mol. The largest absolute Gasteiger partial charge is 0.383 e. The molecular formula is C17H25N3O3. The molecule has 23 heavy (non-hydrogen) atoms. The average molecular weight is 319 g/mol. The van der Waals surface area contributed by atoms with Gasteiger partial charge in [0.05, 0.1) is 6.61 Å². The van der Waals surface area contributed by atoms with E-state index < -0.39 is 0 Å². The second kappa shape index (κ2) is 9.27. The molecule has 0 saturated carbocycles. The molecule has 2 amide bonds. The number of rotatable bonds is 9. The fraction of sp³-hybridized carbons (Fsp3) is 0.529. The van der Waals surface area contributed by atoms with Gasteiger partial charge in [0.2, 0.25) is 11.8 Å². The van der Waals surface area contributed by atoms with E-state index in [9.17, 15) is 9.59 Å². The number of fused-ring (bicyclic) bond motifs is 1. The predicted octanol–water partition coefficient (Wildman–Crippen LogP) is 0.708. The van der Waals surface area contributed by atoms with Crippen molar-refractivity contribution in [1.82, 2.24) is 10.6 Å². The lowest BCUT2D eigenvalue weighted by Gasteiger charge is -2.29. The van der Waals surface area contributed by atoms with Crippen molar-refractivity contribution in [1.29, 1.82) is 0 Å². The van der Waals surface area contributed by atoms with Gasteiger partial charge in [0.25, 0.3) is 0 Å². The van der Waals surface area contributed by atoms with E-state index in [1.165, 1.54) is 5.56 Å². The van der Waals surface area contributed by atoms with Crippen molar-refractivity contribution in [2.24, 2.45) is 0 Å². The molecule has 126 valence electrons. The zero-order valence-corrected chi connectivity index (χ0v) is 13.6. The number of aryl methyl sites for hydroxylation is 1. The molecule has 0 unspecified atom stereocenters. The van der Waals surface area contributed by atoms with Crippen LogP contribution >= 0.6 is 0 Å². The molecule has 0 radical (unpaired) electrons. The molecule has 0 fully saturated rings. The summed E-state index contributed by atoms with van der Waals surface area (Å²) in [5.41, 5.74) is 2.12. The molecule has 6 nitrogen and oxygen atoms in total. The fourth-order valence-electron chi connectivity index (χ4n) is 2.63. The number of nitrogens with zero attached hydrogens (tertiary/aromatic N) is 1. The molecule has 6 heteroatoms. The molecule has 1 heterocycles. The quantitative estimate of drug-likeness (QED) is 0.658. The van der Waals surface area contributed by atoms with E-state index in [-0.39, 0.29) is 11.8 Å². The van der Waals surface area contributed by atoms with E-state index in [0.717, 1.165) is 18.7 Å². The van der Waals surface area contributed by atoms with Gasteiger partial charge in [-0.3, -0.25) is 9.59 Å². The van der Waals surface area contributed by atoms with Gasteiger partial charge in [-0.25, -0.2) is 0 Å². The number of nitrogens with one attached hydrogen (secondary N) is 2. The minimum atomic E-state index is -0.0330. The Balaban J connectivity index is 1.73. The highest BCUT2D eigenvalue weighted by molar-refractivity contribution is 5.96. The van der Waals surface area contributed by atoms with Crippen molar-refractivity contribution < 1.29 is 14.3 Å². The van der Waals surface area contributed by atoms with Crippen LogP contribution in [0, 0.1) is 0 Å². The van der Waals surface area contributed by atoms with Crippen LogP contribution < -0.4 is 15.5 Å². The first-order valence-corrected chi connectivity index (χ1v) is 8.07. The van der Waals surface area contributed by atoms with E-state index >= 15 is 0 Å². The molecular weight excluding hydrogens is 294 g/mol. The molecule has 1 aliphatic rings. The third-order valence-corrected chi connectivity index (χ3v) is 3.86. The van der Waals surface area contributed by atoms with Gasteiger partial charge in [-0.15, -0.1) is 0 Å². The highest BCUT2D eigenvalue weighted by Gasteiger charge is 2.23. The zero-order chi connectivity index (χ0) is 16.5. The maximum absolute atomic E-state index is 12.1. The average Bonchev–Trinajstić information content (AvgIpc) is 2.57. The summed E-state index contributed by atoms with van der Waals surface area (Å²) in [7, 11) is 1.66. The Morgan fingerprint density at radius 1 is 1.22 bits per heavy atom. The van der Waals surface area contributed by atoms with Crippen LogP contribution in [0.5, 0.6) is 0 Å². The summed E-state index contributed by atoms with van der Waals surface area (Å²) in [6.45, 7) is 3.14. The SMILES string of the molecule is COCCNCCNC(=O)CCN1C(=O)CCc2ccccc21. The van der Waals surface area contributed by atoms with E-state index in [2.05, 4.69) is 10.6 Å². The van der Waals surface area contributed by atoms with Gasteiger partial charge in [-0.05, 0) is 18.1 Å². The normalized spacial score (nSPS) is 13.8. The lowest BCUT2D eigenvalue weighted by atomic mass is 10.0. The van der Waals surface area contributed by atoms with E-state index in [1.807, 2.05) is 24.3 Å². The van der Waals surface area contributed by atoms with Gasteiger partial charge in [0.15, 0.2) is 0 Å². The summed E-state index contributed by atoms with van der Waals surface area (Å²) >= 11 is 0. The number of hydrogen-bond acceptors (Lipinski definition) is 4. The van der Waals surface area contributed by atoms with Crippen LogP contribution in [0.15, 0.2) is 24.3 Å². The highest BCUT2D eigenvalue weighted by Crippen LogP contribution is 2.27. The Hall–Kier alpha value is -1.92. The molecule has 0 spiro atoms. The maximum Gasteiger partial charge on any atom is 0.227 e. The van der Waals surface area contributed by atoms with Crippen molar-refractivity contribution in [2.75, 3.05) is 44.8 Å². The second-order valence-corrected chi connectivity index (χ2v) is 5.52. The number of benzene rings is 1. The van der Waals surface area contributed by atoms with E-state index in [1.54, 1.807) is 12.0 Å². The van der Waals surface area contributed by atoms with Crippen molar-refractivity contribution >= 4 is 17.5 Å². The third kappa shape index (κ3) is 5.33. The van der Waals surface area contributed by atoms with Gasteiger partial charge in [0.1, 0.15) is 0 Å².